The van der Waals surface area contributed by atoms with Crippen LogP contribution in [0.15, 0.2) is 42.5 Å². The van der Waals surface area contributed by atoms with Crippen molar-refractivity contribution in [1.29, 1.82) is 0 Å². The van der Waals surface area contributed by atoms with Gasteiger partial charge in [0, 0.05) is 11.8 Å². The van der Waals surface area contributed by atoms with Crippen molar-refractivity contribution in [2.24, 2.45) is 0 Å². The van der Waals surface area contributed by atoms with E-state index in [0.29, 0.717) is 17.4 Å². The van der Waals surface area contributed by atoms with Crippen LogP contribution in [0.2, 0.25) is 0 Å². The molecule has 0 radical (unpaired) electrons. The van der Waals surface area contributed by atoms with Crippen LogP contribution < -0.4 is 10.1 Å². The quantitative estimate of drug-likeness (QED) is 0.914. The molecule has 0 fully saturated rings. The summed E-state index contributed by atoms with van der Waals surface area (Å²) in [6.07, 6.45) is 0. The first-order valence-electron chi connectivity index (χ1n) is 6.76. The van der Waals surface area contributed by atoms with Gasteiger partial charge in [-0.25, -0.2) is 4.39 Å². The highest BCUT2D eigenvalue weighted by Crippen LogP contribution is 2.21. The van der Waals surface area contributed by atoms with Gasteiger partial charge in [-0.1, -0.05) is 26.0 Å². The lowest BCUT2D eigenvalue weighted by Gasteiger charge is -2.10. The zero-order valence-electron chi connectivity index (χ0n) is 12.3. The molecule has 0 aliphatic rings. The van der Waals surface area contributed by atoms with Crippen molar-refractivity contribution in [2.45, 2.75) is 19.8 Å². The van der Waals surface area contributed by atoms with Crippen LogP contribution in [0.4, 0.5) is 10.1 Å². The second kappa shape index (κ2) is 6.39. The van der Waals surface area contributed by atoms with E-state index in [2.05, 4.69) is 19.2 Å². The Morgan fingerprint density at radius 3 is 2.57 bits per heavy atom. The maximum atomic E-state index is 13.9. The smallest absolute Gasteiger partial charge is 0.258 e. The number of hydrogen-bond donors (Lipinski definition) is 1. The second-order valence-electron chi connectivity index (χ2n) is 5.08. The molecule has 3 nitrogen and oxygen atoms in total. The fourth-order valence-electron chi connectivity index (χ4n) is 1.98. The molecule has 110 valence electrons. The Kier molecular flexibility index (Phi) is 4.58. The van der Waals surface area contributed by atoms with Gasteiger partial charge in [-0.3, -0.25) is 4.79 Å². The largest absolute Gasteiger partial charge is 0.497 e. The molecule has 0 bridgehead atoms. The third-order valence-corrected chi connectivity index (χ3v) is 3.23. The molecule has 0 heterocycles. The number of hydrogen-bond acceptors (Lipinski definition) is 2. The van der Waals surface area contributed by atoms with Gasteiger partial charge in [0.15, 0.2) is 0 Å². The molecular formula is C17H18FNO2. The number of rotatable bonds is 4. The number of carbonyl (C=O) groups is 1. The summed E-state index contributed by atoms with van der Waals surface area (Å²) in [6, 6.07) is 11.7. The summed E-state index contributed by atoms with van der Waals surface area (Å²) in [6.45, 7) is 4.15. The van der Waals surface area contributed by atoms with Gasteiger partial charge in [0.25, 0.3) is 5.91 Å². The van der Waals surface area contributed by atoms with Crippen LogP contribution in [0.25, 0.3) is 0 Å². The minimum Gasteiger partial charge on any atom is -0.497 e. The fraction of sp³-hybridized carbons (Fsp3) is 0.235. The predicted octanol–water partition coefficient (Wildman–Crippen LogP) is 4.21. The van der Waals surface area contributed by atoms with E-state index in [4.69, 9.17) is 4.74 Å². The highest BCUT2D eigenvalue weighted by atomic mass is 19.1. The first kappa shape index (κ1) is 15.0. The Hall–Kier alpha value is -2.36. The highest BCUT2D eigenvalue weighted by molar-refractivity contribution is 6.04. The molecule has 0 aliphatic carbocycles. The summed E-state index contributed by atoms with van der Waals surface area (Å²) in [7, 11) is 1.45. The monoisotopic (exact) mass is 287 g/mol. The molecule has 0 atom stereocenters. The molecule has 0 saturated carbocycles. The molecule has 2 aromatic rings. The summed E-state index contributed by atoms with van der Waals surface area (Å²) in [5.74, 6) is -0.339. The van der Waals surface area contributed by atoms with Gasteiger partial charge in [-0.2, -0.15) is 0 Å². The van der Waals surface area contributed by atoms with Crippen LogP contribution in [0.1, 0.15) is 35.7 Å². The molecule has 2 rings (SSSR count). The Bertz CT molecular complexity index is 653. The Labute approximate surface area is 123 Å². The fourth-order valence-corrected chi connectivity index (χ4v) is 1.98. The van der Waals surface area contributed by atoms with E-state index >= 15 is 0 Å². The van der Waals surface area contributed by atoms with Crippen LogP contribution in [-0.4, -0.2) is 13.0 Å². The van der Waals surface area contributed by atoms with E-state index in [1.165, 1.54) is 19.2 Å². The van der Waals surface area contributed by atoms with Crippen LogP contribution in [0.5, 0.6) is 5.75 Å². The summed E-state index contributed by atoms with van der Waals surface area (Å²) in [5.41, 5.74) is 1.76. The zero-order valence-corrected chi connectivity index (χ0v) is 12.3. The summed E-state index contributed by atoms with van der Waals surface area (Å²) in [4.78, 5) is 12.1. The summed E-state index contributed by atoms with van der Waals surface area (Å²) >= 11 is 0. The van der Waals surface area contributed by atoms with Gasteiger partial charge in [-0.05, 0) is 35.7 Å². The highest BCUT2D eigenvalue weighted by Gasteiger charge is 2.13. The zero-order chi connectivity index (χ0) is 15.4. The maximum absolute atomic E-state index is 13.9. The van der Waals surface area contributed by atoms with Crippen molar-refractivity contribution in [3.8, 4) is 5.75 Å². The van der Waals surface area contributed by atoms with Crippen molar-refractivity contribution < 1.29 is 13.9 Å². The normalized spacial score (nSPS) is 10.5. The minimum atomic E-state index is -0.605. The predicted molar refractivity (Wildman–Crippen MR) is 81.4 cm³/mol. The number of amides is 1. The van der Waals surface area contributed by atoms with Crippen LogP contribution in [0.3, 0.4) is 0 Å². The standard InChI is InChI=1S/C17H18FNO2/c1-11(2)12-5-4-6-13(9-12)19-17(20)15-8-7-14(21-3)10-16(15)18/h4-11H,1-3H3,(H,19,20). The van der Waals surface area contributed by atoms with E-state index < -0.39 is 11.7 Å². The van der Waals surface area contributed by atoms with E-state index in [1.807, 2.05) is 18.2 Å². The molecule has 1 amide bonds. The molecule has 0 spiro atoms. The van der Waals surface area contributed by atoms with Crippen molar-refractivity contribution in [2.75, 3.05) is 12.4 Å². The Balaban J connectivity index is 2.20. The van der Waals surface area contributed by atoms with Gasteiger partial charge in [-0.15, -0.1) is 0 Å². The molecule has 21 heavy (non-hydrogen) atoms. The van der Waals surface area contributed by atoms with E-state index in [-0.39, 0.29) is 5.56 Å². The van der Waals surface area contributed by atoms with Crippen molar-refractivity contribution in [3.63, 3.8) is 0 Å². The number of halogens is 1. The maximum Gasteiger partial charge on any atom is 0.258 e. The average Bonchev–Trinajstić information content (AvgIpc) is 2.47. The van der Waals surface area contributed by atoms with Crippen molar-refractivity contribution >= 4 is 11.6 Å². The number of nitrogens with one attached hydrogen (secondary N) is 1. The molecule has 1 N–H and O–H groups in total. The van der Waals surface area contributed by atoms with E-state index in [0.717, 1.165) is 5.56 Å². The minimum absolute atomic E-state index is 0.00856. The average molecular weight is 287 g/mol. The topological polar surface area (TPSA) is 38.3 Å². The first-order chi connectivity index (χ1) is 10.0. The molecule has 4 heteroatoms. The first-order valence-corrected chi connectivity index (χ1v) is 6.76. The van der Waals surface area contributed by atoms with Gasteiger partial charge in [0.2, 0.25) is 0 Å². The number of anilines is 1. The van der Waals surface area contributed by atoms with Crippen LogP contribution in [0, 0.1) is 5.82 Å². The molecular weight excluding hydrogens is 269 g/mol. The Morgan fingerprint density at radius 2 is 1.95 bits per heavy atom. The third kappa shape index (κ3) is 3.60. The lowest BCUT2D eigenvalue weighted by molar-refractivity contribution is 0.102. The second-order valence-corrected chi connectivity index (χ2v) is 5.08. The molecule has 0 aliphatic heterocycles. The van der Waals surface area contributed by atoms with Crippen molar-refractivity contribution in [3.05, 3.63) is 59.4 Å². The molecule has 0 saturated heterocycles. The van der Waals surface area contributed by atoms with Crippen LogP contribution >= 0.6 is 0 Å². The lowest BCUT2D eigenvalue weighted by Crippen LogP contribution is -2.14. The number of carbonyl (C=O) groups excluding carboxylic acids is 1. The van der Waals surface area contributed by atoms with Gasteiger partial charge < -0.3 is 10.1 Å². The van der Waals surface area contributed by atoms with Gasteiger partial charge in [0.1, 0.15) is 11.6 Å². The van der Waals surface area contributed by atoms with Crippen molar-refractivity contribution in [1.82, 2.24) is 0 Å². The number of methoxy groups -OCH3 is 1. The molecule has 2 aromatic carbocycles. The molecule has 0 unspecified atom stereocenters. The molecule has 0 aromatic heterocycles. The van der Waals surface area contributed by atoms with E-state index in [9.17, 15) is 9.18 Å². The van der Waals surface area contributed by atoms with Crippen LogP contribution in [-0.2, 0) is 0 Å². The third-order valence-electron chi connectivity index (χ3n) is 3.23. The van der Waals surface area contributed by atoms with Gasteiger partial charge >= 0.3 is 0 Å². The summed E-state index contributed by atoms with van der Waals surface area (Å²) in [5, 5.41) is 2.71. The SMILES string of the molecule is COc1ccc(C(=O)Nc2cccc(C(C)C)c2)c(F)c1. The Morgan fingerprint density at radius 1 is 1.19 bits per heavy atom. The number of benzene rings is 2. The lowest BCUT2D eigenvalue weighted by atomic mass is 10.0. The van der Waals surface area contributed by atoms with Gasteiger partial charge in [0.05, 0.1) is 12.7 Å². The summed E-state index contributed by atoms with van der Waals surface area (Å²) < 4.78 is 18.8. The number of ether oxygens (including phenoxy) is 1. The van der Waals surface area contributed by atoms with E-state index in [1.54, 1.807) is 12.1 Å².